The lowest BCUT2D eigenvalue weighted by atomic mass is 10.1. The van der Waals surface area contributed by atoms with Gasteiger partial charge in [-0.3, -0.25) is 10.00 Å². The van der Waals surface area contributed by atoms with Crippen molar-refractivity contribution in [1.82, 2.24) is 10.2 Å². The van der Waals surface area contributed by atoms with Gasteiger partial charge in [0.2, 0.25) is 0 Å². The molecule has 0 radical (unpaired) electrons. The Bertz CT molecular complexity index is 715. The molecule has 0 atom stereocenters. The number of esters is 1. The number of amides is 1. The molecule has 0 aliphatic carbocycles. The van der Waals surface area contributed by atoms with Crippen molar-refractivity contribution in [3.63, 3.8) is 0 Å². The molecule has 0 spiro atoms. The molecule has 1 N–H and O–H groups in total. The fraction of sp³-hybridized carbons (Fsp3) is 0.400. The van der Waals surface area contributed by atoms with Crippen LogP contribution in [0.2, 0.25) is 0 Å². The first-order valence-corrected chi connectivity index (χ1v) is 6.76. The molecule has 2 aromatic rings. The van der Waals surface area contributed by atoms with E-state index in [1.54, 1.807) is 46.0 Å². The fourth-order valence-corrected chi connectivity index (χ4v) is 1.92. The SMILES string of the molecule is COC(=O)c1ccc2[nH]nc(N(C)C(=O)OC(C)(C)C)c2c1. The van der Waals surface area contributed by atoms with Gasteiger partial charge in [0, 0.05) is 12.4 Å². The zero-order valence-electron chi connectivity index (χ0n) is 13.3. The fourth-order valence-electron chi connectivity index (χ4n) is 1.92. The second-order valence-corrected chi connectivity index (χ2v) is 5.84. The Labute approximate surface area is 128 Å². The van der Waals surface area contributed by atoms with Crippen LogP contribution in [0, 0.1) is 0 Å². The van der Waals surface area contributed by atoms with Crippen LogP contribution in [0.25, 0.3) is 10.9 Å². The number of fused-ring (bicyclic) bond motifs is 1. The number of aromatic nitrogens is 2. The normalized spacial score (nSPS) is 11.3. The van der Waals surface area contributed by atoms with E-state index in [0.29, 0.717) is 22.3 Å². The van der Waals surface area contributed by atoms with Gasteiger partial charge >= 0.3 is 12.1 Å². The summed E-state index contributed by atoms with van der Waals surface area (Å²) < 4.78 is 10.0. The van der Waals surface area contributed by atoms with Crippen LogP contribution >= 0.6 is 0 Å². The average Bonchev–Trinajstić information content (AvgIpc) is 2.86. The molecule has 1 amide bonds. The number of aromatic amines is 1. The predicted octanol–water partition coefficient (Wildman–Crippen LogP) is 2.72. The maximum absolute atomic E-state index is 12.1. The summed E-state index contributed by atoms with van der Waals surface area (Å²) in [6.07, 6.45) is -0.524. The minimum atomic E-state index is -0.603. The maximum Gasteiger partial charge on any atom is 0.415 e. The van der Waals surface area contributed by atoms with Crippen LogP contribution in [0.5, 0.6) is 0 Å². The molecule has 1 aromatic carbocycles. The Morgan fingerprint density at radius 1 is 1.27 bits per heavy atom. The van der Waals surface area contributed by atoms with Gasteiger partial charge in [-0.1, -0.05) is 0 Å². The smallest absolute Gasteiger partial charge is 0.415 e. The number of nitrogens with one attached hydrogen (secondary N) is 1. The zero-order chi connectivity index (χ0) is 16.5. The van der Waals surface area contributed by atoms with E-state index in [2.05, 4.69) is 10.2 Å². The Balaban J connectivity index is 2.38. The van der Waals surface area contributed by atoms with Gasteiger partial charge in [-0.15, -0.1) is 0 Å². The third kappa shape index (κ3) is 3.19. The number of carbonyl (C=O) groups excluding carboxylic acids is 2. The lowest BCUT2D eigenvalue weighted by Gasteiger charge is -2.23. The molecule has 1 heterocycles. The largest absolute Gasteiger partial charge is 0.465 e. The number of ether oxygens (including phenoxy) is 2. The summed E-state index contributed by atoms with van der Waals surface area (Å²) in [5.74, 6) is -0.0658. The van der Waals surface area contributed by atoms with Crippen LogP contribution in [-0.4, -0.2) is 42.0 Å². The van der Waals surface area contributed by atoms with Crippen molar-refractivity contribution < 1.29 is 19.1 Å². The molecule has 0 saturated heterocycles. The standard InChI is InChI=1S/C15H19N3O4/c1-15(2,3)22-14(20)18(4)12-10-8-9(13(19)21-5)6-7-11(10)16-17-12/h6-8H,1-5H3,(H,16,17). The van der Waals surface area contributed by atoms with Crippen molar-refractivity contribution in [1.29, 1.82) is 0 Å². The maximum atomic E-state index is 12.1. The summed E-state index contributed by atoms with van der Waals surface area (Å²) in [4.78, 5) is 25.1. The van der Waals surface area contributed by atoms with Crippen molar-refractivity contribution in [3.8, 4) is 0 Å². The minimum absolute atomic E-state index is 0.384. The Kier molecular flexibility index (Phi) is 4.07. The van der Waals surface area contributed by atoms with Crippen LogP contribution in [0.3, 0.4) is 0 Å². The van der Waals surface area contributed by atoms with Gasteiger partial charge in [0.05, 0.1) is 18.2 Å². The number of methoxy groups -OCH3 is 1. The van der Waals surface area contributed by atoms with E-state index in [1.165, 1.54) is 12.0 Å². The highest BCUT2D eigenvalue weighted by molar-refractivity contribution is 6.02. The number of anilines is 1. The van der Waals surface area contributed by atoms with E-state index in [9.17, 15) is 9.59 Å². The number of benzene rings is 1. The summed E-state index contributed by atoms with van der Waals surface area (Å²) in [6.45, 7) is 5.37. The first kappa shape index (κ1) is 15.8. The summed E-state index contributed by atoms with van der Waals surface area (Å²) >= 11 is 0. The zero-order valence-corrected chi connectivity index (χ0v) is 13.3. The molecule has 0 saturated carbocycles. The summed E-state index contributed by atoms with van der Waals surface area (Å²) in [5.41, 5.74) is 0.488. The molecular weight excluding hydrogens is 286 g/mol. The van der Waals surface area contributed by atoms with Crippen molar-refractivity contribution in [2.24, 2.45) is 0 Å². The molecule has 118 valence electrons. The van der Waals surface area contributed by atoms with Gasteiger partial charge in [-0.2, -0.15) is 5.10 Å². The van der Waals surface area contributed by atoms with Gasteiger partial charge in [-0.05, 0) is 39.0 Å². The topological polar surface area (TPSA) is 84.5 Å². The number of H-pyrrole nitrogens is 1. The average molecular weight is 305 g/mol. The monoisotopic (exact) mass is 305 g/mol. The third-order valence-electron chi connectivity index (χ3n) is 2.95. The van der Waals surface area contributed by atoms with Crippen LogP contribution in [0.15, 0.2) is 18.2 Å². The third-order valence-corrected chi connectivity index (χ3v) is 2.95. The number of hydrogen-bond acceptors (Lipinski definition) is 5. The van der Waals surface area contributed by atoms with Gasteiger partial charge in [-0.25, -0.2) is 9.59 Å². The lowest BCUT2D eigenvalue weighted by Crippen LogP contribution is -2.34. The van der Waals surface area contributed by atoms with Crippen molar-refractivity contribution in [2.75, 3.05) is 19.1 Å². The van der Waals surface area contributed by atoms with Gasteiger partial charge < -0.3 is 9.47 Å². The molecule has 1 aromatic heterocycles. The number of carbonyl (C=O) groups is 2. The van der Waals surface area contributed by atoms with Gasteiger partial charge in [0.1, 0.15) is 5.60 Å². The van der Waals surface area contributed by atoms with Crippen molar-refractivity contribution in [2.45, 2.75) is 26.4 Å². The molecule has 0 aliphatic heterocycles. The summed E-state index contributed by atoms with van der Waals surface area (Å²) in [6, 6.07) is 4.96. The van der Waals surface area contributed by atoms with E-state index >= 15 is 0 Å². The molecule has 0 bridgehead atoms. The van der Waals surface area contributed by atoms with E-state index in [-0.39, 0.29) is 0 Å². The molecule has 7 heteroatoms. The Hall–Kier alpha value is -2.57. The molecule has 0 fully saturated rings. The van der Waals surface area contributed by atoms with E-state index in [0.717, 1.165) is 0 Å². The Morgan fingerprint density at radius 3 is 2.55 bits per heavy atom. The first-order chi connectivity index (χ1) is 10.2. The van der Waals surface area contributed by atoms with Crippen LogP contribution in [-0.2, 0) is 9.47 Å². The van der Waals surface area contributed by atoms with Crippen LogP contribution < -0.4 is 4.90 Å². The lowest BCUT2D eigenvalue weighted by molar-refractivity contribution is 0.0584. The minimum Gasteiger partial charge on any atom is -0.465 e. The highest BCUT2D eigenvalue weighted by Crippen LogP contribution is 2.25. The molecule has 2 rings (SSSR count). The number of rotatable bonds is 2. The molecule has 0 aliphatic rings. The van der Waals surface area contributed by atoms with Crippen molar-refractivity contribution in [3.05, 3.63) is 23.8 Å². The number of nitrogens with zero attached hydrogens (tertiary/aromatic N) is 2. The molecule has 22 heavy (non-hydrogen) atoms. The first-order valence-electron chi connectivity index (χ1n) is 6.76. The van der Waals surface area contributed by atoms with E-state index in [1.807, 2.05) is 0 Å². The predicted molar refractivity (Wildman–Crippen MR) is 82.1 cm³/mol. The molecular formula is C15H19N3O4. The van der Waals surface area contributed by atoms with Gasteiger partial charge in [0.15, 0.2) is 5.82 Å². The van der Waals surface area contributed by atoms with Gasteiger partial charge in [0.25, 0.3) is 0 Å². The second kappa shape index (κ2) is 5.67. The van der Waals surface area contributed by atoms with E-state index < -0.39 is 17.7 Å². The summed E-state index contributed by atoms with van der Waals surface area (Å²) in [5, 5.41) is 7.58. The Morgan fingerprint density at radius 2 is 1.95 bits per heavy atom. The summed E-state index contributed by atoms with van der Waals surface area (Å²) in [7, 11) is 2.88. The quantitative estimate of drug-likeness (QED) is 0.862. The van der Waals surface area contributed by atoms with Crippen molar-refractivity contribution >= 4 is 28.8 Å². The molecule has 0 unspecified atom stereocenters. The molecule has 7 nitrogen and oxygen atoms in total. The van der Waals surface area contributed by atoms with Crippen LogP contribution in [0.4, 0.5) is 10.6 Å². The second-order valence-electron chi connectivity index (χ2n) is 5.84. The number of hydrogen-bond donors (Lipinski definition) is 1. The highest BCUT2D eigenvalue weighted by Gasteiger charge is 2.23. The highest BCUT2D eigenvalue weighted by atomic mass is 16.6. The van der Waals surface area contributed by atoms with E-state index in [4.69, 9.17) is 9.47 Å². The van der Waals surface area contributed by atoms with Crippen LogP contribution in [0.1, 0.15) is 31.1 Å².